The quantitative estimate of drug-likeness (QED) is 0.896. The summed E-state index contributed by atoms with van der Waals surface area (Å²) >= 11 is 0. The second-order valence-corrected chi connectivity index (χ2v) is 6.61. The highest BCUT2D eigenvalue weighted by Crippen LogP contribution is 2.22. The Morgan fingerprint density at radius 3 is 2.88 bits per heavy atom. The van der Waals surface area contributed by atoms with Crippen LogP contribution in [0.3, 0.4) is 0 Å². The number of halogens is 1. The normalized spacial score (nSPS) is 20.3. The summed E-state index contributed by atoms with van der Waals surface area (Å²) in [5, 5.41) is 4.81. The van der Waals surface area contributed by atoms with Gasteiger partial charge in [-0.15, -0.1) is 12.4 Å². The summed E-state index contributed by atoms with van der Waals surface area (Å²) in [5.41, 5.74) is 6.51. The molecule has 0 bridgehead atoms. The molecule has 1 aliphatic rings. The Balaban J connectivity index is 0.00000225. The smallest absolute Gasteiger partial charge is 0.224 e. The van der Waals surface area contributed by atoms with Crippen LogP contribution in [-0.2, 0) is 11.3 Å². The molecule has 2 atom stereocenters. The number of aromatic nitrogens is 2. The lowest BCUT2D eigenvalue weighted by Gasteiger charge is -2.38. The molecule has 6 nitrogen and oxygen atoms in total. The zero-order valence-corrected chi connectivity index (χ0v) is 15.2. The number of para-hydroxylation sites is 1. The summed E-state index contributed by atoms with van der Waals surface area (Å²) in [7, 11) is 0. The van der Waals surface area contributed by atoms with E-state index in [1.54, 1.807) is 10.7 Å². The summed E-state index contributed by atoms with van der Waals surface area (Å²) in [5.74, 6) is 0.731. The van der Waals surface area contributed by atoms with Crippen LogP contribution in [0, 0.1) is 5.92 Å². The lowest BCUT2D eigenvalue weighted by molar-refractivity contribution is -0.135. The van der Waals surface area contributed by atoms with E-state index in [4.69, 9.17) is 5.73 Å². The third-order valence-corrected chi connectivity index (χ3v) is 4.87. The monoisotopic (exact) mass is 364 g/mol. The van der Waals surface area contributed by atoms with Gasteiger partial charge in [-0.1, -0.05) is 19.1 Å². The predicted octanol–water partition coefficient (Wildman–Crippen LogP) is 1.79. The highest BCUT2D eigenvalue weighted by molar-refractivity contribution is 5.85. The molecule has 1 amide bonds. The van der Waals surface area contributed by atoms with E-state index in [0.717, 1.165) is 24.9 Å². The number of fused-ring (bicyclic) bond motifs is 1. The molecule has 2 N–H and O–H groups in total. The van der Waals surface area contributed by atoms with E-state index < -0.39 is 0 Å². The number of likely N-dealkylation sites (tertiary alicyclic amines) is 1. The molecule has 0 saturated carbocycles. The van der Waals surface area contributed by atoms with Crippen LogP contribution in [-0.4, -0.2) is 39.7 Å². The summed E-state index contributed by atoms with van der Waals surface area (Å²) < 4.78 is 1.73. The van der Waals surface area contributed by atoms with Gasteiger partial charge in [-0.3, -0.25) is 14.3 Å². The first-order valence-corrected chi connectivity index (χ1v) is 8.54. The van der Waals surface area contributed by atoms with Gasteiger partial charge in [0.15, 0.2) is 0 Å². The molecule has 2 heterocycles. The van der Waals surface area contributed by atoms with Crippen molar-refractivity contribution < 1.29 is 4.79 Å². The number of carbonyl (C=O) groups is 1. The van der Waals surface area contributed by atoms with Crippen molar-refractivity contribution in [2.45, 2.75) is 38.8 Å². The highest BCUT2D eigenvalue weighted by atomic mass is 35.5. The van der Waals surface area contributed by atoms with Gasteiger partial charge in [-0.05, 0) is 30.9 Å². The topological polar surface area (TPSA) is 81.2 Å². The molecule has 1 fully saturated rings. The van der Waals surface area contributed by atoms with E-state index in [2.05, 4.69) is 12.0 Å². The maximum atomic E-state index is 12.6. The fourth-order valence-electron chi connectivity index (χ4n) is 3.49. The van der Waals surface area contributed by atoms with Crippen molar-refractivity contribution in [1.29, 1.82) is 0 Å². The van der Waals surface area contributed by atoms with Crippen molar-refractivity contribution in [3.63, 3.8) is 0 Å². The zero-order valence-electron chi connectivity index (χ0n) is 14.4. The van der Waals surface area contributed by atoms with E-state index in [0.29, 0.717) is 30.8 Å². The lowest BCUT2D eigenvalue weighted by Crippen LogP contribution is -2.49. The Labute approximate surface area is 153 Å². The number of piperidine rings is 1. The van der Waals surface area contributed by atoms with Crippen LogP contribution in [0.4, 0.5) is 0 Å². The third-order valence-electron chi connectivity index (χ3n) is 4.87. The van der Waals surface area contributed by atoms with Gasteiger partial charge in [0.05, 0.1) is 18.3 Å². The maximum Gasteiger partial charge on any atom is 0.224 e. The van der Waals surface area contributed by atoms with E-state index in [9.17, 15) is 9.59 Å². The van der Waals surface area contributed by atoms with Gasteiger partial charge < -0.3 is 10.6 Å². The molecule has 2 aromatic rings. The van der Waals surface area contributed by atoms with E-state index in [1.807, 2.05) is 23.1 Å². The Kier molecular flexibility index (Phi) is 6.56. The van der Waals surface area contributed by atoms with E-state index in [-0.39, 0.29) is 29.8 Å². The number of amides is 1. The SMILES string of the molecule is CC1CCN(C(=O)CCn2ncc(=O)c3ccccc32)C(CN)C1.Cl. The number of hydrogen-bond acceptors (Lipinski definition) is 4. The predicted molar refractivity (Wildman–Crippen MR) is 101 cm³/mol. The number of carbonyl (C=O) groups excluding carboxylic acids is 1. The number of nitrogens with zero attached hydrogens (tertiary/aromatic N) is 3. The van der Waals surface area contributed by atoms with E-state index >= 15 is 0 Å². The van der Waals surface area contributed by atoms with Gasteiger partial charge in [0, 0.05) is 30.9 Å². The molecule has 25 heavy (non-hydrogen) atoms. The van der Waals surface area contributed by atoms with Crippen molar-refractivity contribution >= 4 is 29.2 Å². The average molecular weight is 365 g/mol. The molecule has 136 valence electrons. The molecule has 0 aliphatic carbocycles. The highest BCUT2D eigenvalue weighted by Gasteiger charge is 2.28. The number of rotatable bonds is 4. The first-order valence-electron chi connectivity index (χ1n) is 8.54. The minimum atomic E-state index is -0.0959. The molecular weight excluding hydrogens is 340 g/mol. The van der Waals surface area contributed by atoms with Crippen LogP contribution >= 0.6 is 12.4 Å². The number of nitrogens with two attached hydrogens (primary N) is 1. The molecule has 0 spiro atoms. The van der Waals surface area contributed by atoms with Gasteiger partial charge in [-0.2, -0.15) is 5.10 Å². The van der Waals surface area contributed by atoms with Crippen LogP contribution in [0.25, 0.3) is 10.9 Å². The number of benzene rings is 1. The number of aryl methyl sites for hydroxylation is 1. The molecule has 1 aliphatic heterocycles. The third kappa shape index (κ3) is 4.19. The molecule has 2 unspecified atom stereocenters. The Morgan fingerprint density at radius 2 is 2.12 bits per heavy atom. The van der Waals surface area contributed by atoms with Crippen molar-refractivity contribution in [2.24, 2.45) is 11.7 Å². The second-order valence-electron chi connectivity index (χ2n) is 6.61. The van der Waals surface area contributed by atoms with Crippen LogP contribution in [0.1, 0.15) is 26.2 Å². The van der Waals surface area contributed by atoms with Crippen molar-refractivity contribution in [3.8, 4) is 0 Å². The van der Waals surface area contributed by atoms with Crippen molar-refractivity contribution in [2.75, 3.05) is 13.1 Å². The van der Waals surface area contributed by atoms with E-state index in [1.165, 1.54) is 6.20 Å². The van der Waals surface area contributed by atoms with Crippen molar-refractivity contribution in [1.82, 2.24) is 14.7 Å². The van der Waals surface area contributed by atoms with Gasteiger partial charge in [0.2, 0.25) is 11.3 Å². The second kappa shape index (κ2) is 8.45. The van der Waals surface area contributed by atoms with Gasteiger partial charge in [-0.25, -0.2) is 0 Å². The maximum absolute atomic E-state index is 12.6. The number of hydrogen-bond donors (Lipinski definition) is 1. The van der Waals surface area contributed by atoms with Gasteiger partial charge in [0.1, 0.15) is 0 Å². The Bertz CT molecular complexity index is 792. The lowest BCUT2D eigenvalue weighted by atomic mass is 9.92. The van der Waals surface area contributed by atoms with Gasteiger partial charge >= 0.3 is 0 Å². The molecule has 1 aromatic heterocycles. The van der Waals surface area contributed by atoms with Crippen LogP contribution < -0.4 is 11.2 Å². The summed E-state index contributed by atoms with van der Waals surface area (Å²) in [4.78, 5) is 26.4. The first-order chi connectivity index (χ1) is 11.6. The first kappa shape index (κ1) is 19.4. The summed E-state index contributed by atoms with van der Waals surface area (Å²) in [6, 6.07) is 7.49. The van der Waals surface area contributed by atoms with Crippen LogP contribution in [0.5, 0.6) is 0 Å². The zero-order chi connectivity index (χ0) is 17.1. The molecule has 7 heteroatoms. The molecular formula is C18H25ClN4O2. The molecule has 3 rings (SSSR count). The fourth-order valence-corrected chi connectivity index (χ4v) is 3.49. The fraction of sp³-hybridized carbons (Fsp3) is 0.500. The van der Waals surface area contributed by atoms with Gasteiger partial charge in [0.25, 0.3) is 0 Å². The molecule has 1 saturated heterocycles. The largest absolute Gasteiger partial charge is 0.338 e. The summed E-state index contributed by atoms with van der Waals surface area (Å²) in [6.45, 7) is 3.96. The van der Waals surface area contributed by atoms with Crippen molar-refractivity contribution in [3.05, 3.63) is 40.7 Å². The minimum absolute atomic E-state index is 0. The average Bonchev–Trinajstić information content (AvgIpc) is 2.61. The standard InChI is InChI=1S/C18H24N4O2.ClH/c1-13-6-8-21(14(10-13)11-19)18(24)7-9-22-16-5-3-2-4-15(16)17(23)12-20-22;/h2-5,12-14H,6-11,19H2,1H3;1H. The summed E-state index contributed by atoms with van der Waals surface area (Å²) in [6.07, 6.45) is 3.69. The Hall–Kier alpha value is -1.92. The van der Waals surface area contributed by atoms with Crippen LogP contribution in [0.15, 0.2) is 35.3 Å². The minimum Gasteiger partial charge on any atom is -0.338 e. The van der Waals surface area contributed by atoms with Crippen LogP contribution in [0.2, 0.25) is 0 Å². The Morgan fingerprint density at radius 1 is 1.36 bits per heavy atom. The molecule has 0 radical (unpaired) electrons. The molecule has 1 aromatic carbocycles.